The molecule has 0 aliphatic carbocycles. The van der Waals surface area contributed by atoms with E-state index in [0.717, 1.165) is 52.2 Å². The Balaban J connectivity index is 1.41. The summed E-state index contributed by atoms with van der Waals surface area (Å²) < 4.78 is 14.2. The van der Waals surface area contributed by atoms with Gasteiger partial charge in [-0.1, -0.05) is 40.2 Å². The molecule has 3 aromatic carbocycles. The van der Waals surface area contributed by atoms with E-state index in [2.05, 4.69) is 31.9 Å². The van der Waals surface area contributed by atoms with Crippen LogP contribution in [0.1, 0.15) is 42.0 Å². The lowest BCUT2D eigenvalue weighted by Crippen LogP contribution is -2.28. The second kappa shape index (κ2) is 11.2. The van der Waals surface area contributed by atoms with Crippen LogP contribution in [0.25, 0.3) is 11.0 Å². The highest BCUT2D eigenvalue weighted by atomic mass is 79.9. The van der Waals surface area contributed by atoms with Crippen LogP contribution in [0.2, 0.25) is 0 Å². The average Bonchev–Trinajstić information content (AvgIpc) is 3.22. The van der Waals surface area contributed by atoms with Gasteiger partial charge in [-0.2, -0.15) is 0 Å². The summed E-state index contributed by atoms with van der Waals surface area (Å²) in [5.41, 5.74) is 2.60. The largest absolute Gasteiger partial charge is 0.497 e. The summed E-state index contributed by atoms with van der Waals surface area (Å²) in [6.07, 6.45) is 1.81. The number of amides is 1. The molecule has 1 amide bonds. The van der Waals surface area contributed by atoms with E-state index in [-0.39, 0.29) is 11.9 Å². The van der Waals surface area contributed by atoms with Gasteiger partial charge in [0, 0.05) is 22.6 Å². The van der Waals surface area contributed by atoms with Crippen molar-refractivity contribution in [1.82, 2.24) is 14.9 Å². The third-order valence-electron chi connectivity index (χ3n) is 5.59. The third kappa shape index (κ3) is 5.78. The van der Waals surface area contributed by atoms with Crippen molar-refractivity contribution in [2.75, 3.05) is 13.7 Å². The van der Waals surface area contributed by atoms with Crippen molar-refractivity contribution in [3.63, 3.8) is 0 Å². The molecule has 0 spiro atoms. The number of aryl methyl sites for hydroxylation is 1. The minimum Gasteiger partial charge on any atom is -0.497 e. The van der Waals surface area contributed by atoms with Crippen LogP contribution in [0.15, 0.2) is 77.3 Å². The molecule has 7 heteroatoms. The lowest BCUT2D eigenvalue weighted by atomic mass is 10.2. The summed E-state index contributed by atoms with van der Waals surface area (Å²) in [6, 6.07) is 22.8. The molecule has 1 heterocycles. The van der Waals surface area contributed by atoms with Gasteiger partial charge >= 0.3 is 0 Å². The number of hydrogen-bond donors (Lipinski definition) is 1. The van der Waals surface area contributed by atoms with Crippen molar-refractivity contribution in [3.05, 3.63) is 88.7 Å². The molecule has 4 rings (SSSR count). The van der Waals surface area contributed by atoms with E-state index >= 15 is 0 Å². The summed E-state index contributed by atoms with van der Waals surface area (Å²) in [4.78, 5) is 17.6. The van der Waals surface area contributed by atoms with Crippen molar-refractivity contribution in [3.8, 4) is 11.5 Å². The van der Waals surface area contributed by atoms with E-state index in [1.54, 1.807) is 13.2 Å². The summed E-state index contributed by atoms with van der Waals surface area (Å²) in [5.74, 6) is 2.31. The first-order chi connectivity index (χ1) is 16.5. The Labute approximate surface area is 208 Å². The Morgan fingerprint density at radius 3 is 2.65 bits per heavy atom. The number of fused-ring (bicyclic) bond motifs is 1. The quantitative estimate of drug-likeness (QED) is 0.254. The zero-order valence-electron chi connectivity index (χ0n) is 19.3. The number of imidazole rings is 1. The molecule has 6 nitrogen and oxygen atoms in total. The fraction of sp³-hybridized carbons (Fsp3) is 0.259. The number of methoxy groups -OCH3 is 1. The maximum Gasteiger partial charge on any atom is 0.251 e. The normalized spacial score (nSPS) is 11.9. The second-order valence-electron chi connectivity index (χ2n) is 8.05. The molecule has 0 fully saturated rings. The Bertz CT molecular complexity index is 1270. The molecule has 34 heavy (non-hydrogen) atoms. The molecule has 0 radical (unpaired) electrons. The first-order valence-electron chi connectivity index (χ1n) is 11.3. The average molecular weight is 522 g/mol. The molecule has 0 saturated carbocycles. The van der Waals surface area contributed by atoms with Gasteiger partial charge in [-0.15, -0.1) is 0 Å². The number of nitrogens with one attached hydrogen (secondary N) is 1. The summed E-state index contributed by atoms with van der Waals surface area (Å²) >= 11 is 3.43. The van der Waals surface area contributed by atoms with Crippen molar-refractivity contribution < 1.29 is 14.3 Å². The number of carbonyl (C=O) groups is 1. The predicted octanol–water partition coefficient (Wildman–Crippen LogP) is 6.16. The van der Waals surface area contributed by atoms with E-state index in [0.29, 0.717) is 12.2 Å². The summed E-state index contributed by atoms with van der Waals surface area (Å²) in [7, 11) is 1.65. The maximum absolute atomic E-state index is 12.8. The van der Waals surface area contributed by atoms with E-state index in [1.165, 1.54) is 0 Å². The van der Waals surface area contributed by atoms with Crippen molar-refractivity contribution in [1.29, 1.82) is 0 Å². The van der Waals surface area contributed by atoms with Gasteiger partial charge < -0.3 is 19.4 Å². The van der Waals surface area contributed by atoms with Crippen molar-refractivity contribution in [2.24, 2.45) is 0 Å². The number of carbonyl (C=O) groups excluding carboxylic acids is 1. The SMILES string of the molecule is COc1cccc(OCCCCn2c(C(C)NC(=O)c3cccc(Br)c3)nc3ccccc32)c1. The monoisotopic (exact) mass is 521 g/mol. The molecule has 1 unspecified atom stereocenters. The number of unbranched alkanes of at least 4 members (excludes halogenated alkanes) is 1. The van der Waals surface area contributed by atoms with Gasteiger partial charge in [0.05, 0.1) is 30.8 Å². The van der Waals surface area contributed by atoms with Crippen LogP contribution >= 0.6 is 15.9 Å². The standard InChI is InChI=1S/C27H28BrN3O3/c1-19(29-27(32)20-9-7-10-21(28)17-20)26-30-24-13-3-4-14-25(24)31(26)15-5-6-16-34-23-12-8-11-22(18-23)33-2/h3-4,7-14,17-19H,5-6,15-16H2,1-2H3,(H,29,32). The molecule has 1 aromatic heterocycles. The van der Waals surface area contributed by atoms with Gasteiger partial charge in [0.15, 0.2) is 0 Å². The number of para-hydroxylation sites is 2. The van der Waals surface area contributed by atoms with Gasteiger partial charge in [0.2, 0.25) is 0 Å². The van der Waals surface area contributed by atoms with Gasteiger partial charge in [-0.05, 0) is 62.2 Å². The zero-order valence-corrected chi connectivity index (χ0v) is 20.9. The second-order valence-corrected chi connectivity index (χ2v) is 8.97. The fourth-order valence-electron chi connectivity index (χ4n) is 3.89. The van der Waals surface area contributed by atoms with E-state index in [1.807, 2.05) is 67.6 Å². The molecule has 4 aromatic rings. The molecule has 0 saturated heterocycles. The molecule has 176 valence electrons. The number of ether oxygens (including phenoxy) is 2. The van der Waals surface area contributed by atoms with Crippen molar-refractivity contribution in [2.45, 2.75) is 32.4 Å². The molecule has 0 aliphatic rings. The molecule has 1 atom stereocenters. The first kappa shape index (κ1) is 23.8. The predicted molar refractivity (Wildman–Crippen MR) is 137 cm³/mol. The molecule has 0 bridgehead atoms. The Morgan fingerprint density at radius 1 is 1.03 bits per heavy atom. The number of halogens is 1. The maximum atomic E-state index is 12.8. The van der Waals surface area contributed by atoms with Gasteiger partial charge in [0.1, 0.15) is 17.3 Å². The van der Waals surface area contributed by atoms with E-state index < -0.39 is 0 Å². The molecule has 1 N–H and O–H groups in total. The number of benzene rings is 3. The van der Waals surface area contributed by atoms with Crippen LogP contribution in [0, 0.1) is 0 Å². The van der Waals surface area contributed by atoms with Gasteiger partial charge in [-0.25, -0.2) is 4.98 Å². The fourth-order valence-corrected chi connectivity index (χ4v) is 4.29. The number of nitrogens with zero attached hydrogens (tertiary/aromatic N) is 2. The van der Waals surface area contributed by atoms with E-state index in [4.69, 9.17) is 14.5 Å². The van der Waals surface area contributed by atoms with Gasteiger partial charge in [-0.3, -0.25) is 4.79 Å². The van der Waals surface area contributed by atoms with Crippen LogP contribution < -0.4 is 14.8 Å². The minimum atomic E-state index is -0.244. The van der Waals surface area contributed by atoms with Crippen LogP contribution in [0.4, 0.5) is 0 Å². The van der Waals surface area contributed by atoms with Crippen LogP contribution in [-0.4, -0.2) is 29.2 Å². The smallest absolute Gasteiger partial charge is 0.251 e. The number of rotatable bonds is 10. The summed E-state index contributed by atoms with van der Waals surface area (Å²) in [5, 5.41) is 3.10. The summed E-state index contributed by atoms with van der Waals surface area (Å²) in [6.45, 7) is 3.37. The third-order valence-corrected chi connectivity index (χ3v) is 6.09. The van der Waals surface area contributed by atoms with Crippen molar-refractivity contribution >= 4 is 32.9 Å². The Morgan fingerprint density at radius 2 is 1.82 bits per heavy atom. The van der Waals surface area contributed by atoms with Crippen LogP contribution in [0.3, 0.4) is 0 Å². The van der Waals surface area contributed by atoms with Gasteiger partial charge in [0.25, 0.3) is 5.91 Å². The zero-order chi connectivity index (χ0) is 23.9. The first-order valence-corrected chi connectivity index (χ1v) is 12.1. The Hall–Kier alpha value is -3.32. The lowest BCUT2D eigenvalue weighted by molar-refractivity contribution is 0.0937. The van der Waals surface area contributed by atoms with E-state index in [9.17, 15) is 4.79 Å². The minimum absolute atomic E-state index is 0.126. The number of hydrogen-bond acceptors (Lipinski definition) is 4. The highest BCUT2D eigenvalue weighted by Crippen LogP contribution is 2.23. The van der Waals surface area contributed by atoms with Crippen LogP contribution in [-0.2, 0) is 6.54 Å². The molecular formula is C27H28BrN3O3. The lowest BCUT2D eigenvalue weighted by Gasteiger charge is -2.17. The molecule has 0 aliphatic heterocycles. The van der Waals surface area contributed by atoms with Crippen LogP contribution in [0.5, 0.6) is 11.5 Å². The highest BCUT2D eigenvalue weighted by molar-refractivity contribution is 9.10. The molecular weight excluding hydrogens is 494 g/mol. The topological polar surface area (TPSA) is 65.4 Å². The Kier molecular flexibility index (Phi) is 7.85. The number of aromatic nitrogens is 2. The highest BCUT2D eigenvalue weighted by Gasteiger charge is 2.19.